The highest BCUT2D eigenvalue weighted by Crippen LogP contribution is 2.14. The molecule has 3 nitrogen and oxygen atoms in total. The van der Waals surface area contributed by atoms with Gasteiger partial charge in [-0.15, -0.1) is 0 Å². The van der Waals surface area contributed by atoms with E-state index in [1.54, 1.807) is 7.11 Å². The van der Waals surface area contributed by atoms with Crippen LogP contribution in [0.4, 0.5) is 0 Å². The molecule has 0 fully saturated rings. The molecule has 2 aromatic carbocycles. The van der Waals surface area contributed by atoms with E-state index in [1.165, 1.54) is 5.56 Å². The molecule has 1 atom stereocenters. The van der Waals surface area contributed by atoms with Crippen molar-refractivity contribution in [1.29, 1.82) is 0 Å². The van der Waals surface area contributed by atoms with E-state index in [2.05, 4.69) is 12.1 Å². The first-order chi connectivity index (χ1) is 10.3. The van der Waals surface area contributed by atoms with E-state index in [4.69, 9.17) is 15.2 Å². The van der Waals surface area contributed by atoms with Crippen LogP contribution in [0.1, 0.15) is 18.4 Å². The fourth-order valence-corrected chi connectivity index (χ4v) is 2.13. The summed E-state index contributed by atoms with van der Waals surface area (Å²) in [6, 6.07) is 18.2. The van der Waals surface area contributed by atoms with Crippen LogP contribution in [0.25, 0.3) is 0 Å². The van der Waals surface area contributed by atoms with Gasteiger partial charge >= 0.3 is 0 Å². The fraction of sp³-hybridized carbons (Fsp3) is 0.333. The maximum Gasteiger partial charge on any atom is 0.119 e. The van der Waals surface area contributed by atoms with Gasteiger partial charge in [0.2, 0.25) is 0 Å². The molecule has 0 saturated carbocycles. The third-order valence-electron chi connectivity index (χ3n) is 3.46. The van der Waals surface area contributed by atoms with Crippen LogP contribution in [0.2, 0.25) is 0 Å². The van der Waals surface area contributed by atoms with Crippen LogP contribution in [0.3, 0.4) is 0 Å². The van der Waals surface area contributed by atoms with Crippen LogP contribution in [0.15, 0.2) is 54.6 Å². The third kappa shape index (κ3) is 5.48. The second kappa shape index (κ2) is 8.32. The highest BCUT2D eigenvalue weighted by atomic mass is 16.5. The zero-order chi connectivity index (χ0) is 14.9. The Morgan fingerprint density at radius 3 is 2.29 bits per heavy atom. The summed E-state index contributed by atoms with van der Waals surface area (Å²) in [6.07, 6.45) is 2.81. The molecule has 0 amide bonds. The zero-order valence-corrected chi connectivity index (χ0v) is 12.5. The number of hydrogen-bond acceptors (Lipinski definition) is 3. The molecular formula is C18H23NO2. The SMILES string of the molecule is COc1ccc(CCC(N)CCOc2ccccc2)cc1. The first-order valence-corrected chi connectivity index (χ1v) is 7.34. The standard InChI is InChI=1S/C18H23NO2/c1-20-17-11-8-15(9-12-17)7-10-16(19)13-14-21-18-5-3-2-4-6-18/h2-6,8-9,11-12,16H,7,10,13-14,19H2,1H3. The molecule has 21 heavy (non-hydrogen) atoms. The largest absolute Gasteiger partial charge is 0.497 e. The van der Waals surface area contributed by atoms with E-state index in [-0.39, 0.29) is 6.04 Å². The van der Waals surface area contributed by atoms with Gasteiger partial charge in [-0.1, -0.05) is 30.3 Å². The lowest BCUT2D eigenvalue weighted by molar-refractivity contribution is 0.294. The van der Waals surface area contributed by atoms with Gasteiger partial charge in [-0.05, 0) is 49.1 Å². The van der Waals surface area contributed by atoms with E-state index >= 15 is 0 Å². The number of benzene rings is 2. The highest BCUT2D eigenvalue weighted by molar-refractivity contribution is 5.27. The molecule has 0 aliphatic carbocycles. The smallest absolute Gasteiger partial charge is 0.119 e. The van der Waals surface area contributed by atoms with Crippen LogP contribution >= 0.6 is 0 Å². The maximum absolute atomic E-state index is 6.14. The van der Waals surface area contributed by atoms with Gasteiger partial charge in [0.1, 0.15) is 11.5 Å². The van der Waals surface area contributed by atoms with Crippen LogP contribution in [-0.4, -0.2) is 19.8 Å². The Kier molecular flexibility index (Phi) is 6.10. The van der Waals surface area contributed by atoms with Crippen LogP contribution < -0.4 is 15.2 Å². The quantitative estimate of drug-likeness (QED) is 0.808. The Labute approximate surface area is 126 Å². The van der Waals surface area contributed by atoms with Crippen LogP contribution in [-0.2, 0) is 6.42 Å². The average molecular weight is 285 g/mol. The van der Waals surface area contributed by atoms with Gasteiger partial charge in [0, 0.05) is 6.04 Å². The molecule has 0 spiro atoms. The van der Waals surface area contributed by atoms with E-state index in [9.17, 15) is 0 Å². The summed E-state index contributed by atoms with van der Waals surface area (Å²) in [4.78, 5) is 0. The van der Waals surface area contributed by atoms with Gasteiger partial charge in [0.15, 0.2) is 0 Å². The summed E-state index contributed by atoms with van der Waals surface area (Å²) >= 11 is 0. The molecule has 112 valence electrons. The summed E-state index contributed by atoms with van der Waals surface area (Å²) in [6.45, 7) is 0.661. The molecule has 0 aliphatic heterocycles. The minimum absolute atomic E-state index is 0.163. The fourth-order valence-electron chi connectivity index (χ4n) is 2.13. The monoisotopic (exact) mass is 285 g/mol. The molecule has 3 heteroatoms. The molecule has 2 aromatic rings. The topological polar surface area (TPSA) is 44.5 Å². The van der Waals surface area contributed by atoms with Crippen LogP contribution in [0, 0.1) is 0 Å². The minimum atomic E-state index is 0.163. The number of methoxy groups -OCH3 is 1. The predicted octanol–water partition coefficient (Wildman–Crippen LogP) is 3.42. The van der Waals surface area contributed by atoms with E-state index in [0.717, 1.165) is 30.8 Å². The number of aryl methyl sites for hydroxylation is 1. The Morgan fingerprint density at radius 2 is 1.62 bits per heavy atom. The summed E-state index contributed by atoms with van der Waals surface area (Å²) in [7, 11) is 1.68. The summed E-state index contributed by atoms with van der Waals surface area (Å²) in [5, 5.41) is 0. The lowest BCUT2D eigenvalue weighted by Gasteiger charge is -2.12. The molecule has 0 radical (unpaired) electrons. The normalized spacial score (nSPS) is 11.9. The molecule has 0 aromatic heterocycles. The van der Waals surface area contributed by atoms with Crippen molar-refractivity contribution in [3.8, 4) is 11.5 Å². The van der Waals surface area contributed by atoms with E-state index in [0.29, 0.717) is 6.61 Å². The van der Waals surface area contributed by atoms with Crippen molar-refractivity contribution in [1.82, 2.24) is 0 Å². The molecule has 1 unspecified atom stereocenters. The molecule has 2 N–H and O–H groups in total. The minimum Gasteiger partial charge on any atom is -0.497 e. The Bertz CT molecular complexity index is 511. The highest BCUT2D eigenvalue weighted by Gasteiger charge is 2.04. The van der Waals surface area contributed by atoms with Crippen molar-refractivity contribution < 1.29 is 9.47 Å². The Hall–Kier alpha value is -2.00. The summed E-state index contributed by atoms with van der Waals surface area (Å²) < 4.78 is 10.8. The second-order valence-corrected chi connectivity index (χ2v) is 5.10. The van der Waals surface area contributed by atoms with Crippen molar-refractivity contribution in [2.75, 3.05) is 13.7 Å². The number of ether oxygens (including phenoxy) is 2. The van der Waals surface area contributed by atoms with Crippen molar-refractivity contribution in [2.24, 2.45) is 5.73 Å². The molecule has 2 rings (SSSR count). The van der Waals surface area contributed by atoms with Crippen LogP contribution in [0.5, 0.6) is 11.5 Å². The first kappa shape index (κ1) is 15.4. The number of para-hydroxylation sites is 1. The van der Waals surface area contributed by atoms with Gasteiger partial charge < -0.3 is 15.2 Å². The first-order valence-electron chi connectivity index (χ1n) is 7.34. The number of nitrogens with two attached hydrogens (primary N) is 1. The zero-order valence-electron chi connectivity index (χ0n) is 12.5. The van der Waals surface area contributed by atoms with E-state index in [1.807, 2.05) is 42.5 Å². The van der Waals surface area contributed by atoms with E-state index < -0.39 is 0 Å². The van der Waals surface area contributed by atoms with Gasteiger partial charge in [-0.25, -0.2) is 0 Å². The molecule has 0 saturated heterocycles. The summed E-state index contributed by atoms with van der Waals surface area (Å²) in [5.74, 6) is 1.79. The summed E-state index contributed by atoms with van der Waals surface area (Å²) in [5.41, 5.74) is 7.42. The van der Waals surface area contributed by atoms with Crippen molar-refractivity contribution in [2.45, 2.75) is 25.3 Å². The Balaban J connectivity index is 1.66. The van der Waals surface area contributed by atoms with Gasteiger partial charge in [0.25, 0.3) is 0 Å². The van der Waals surface area contributed by atoms with Crippen molar-refractivity contribution in [3.05, 3.63) is 60.2 Å². The Morgan fingerprint density at radius 1 is 0.905 bits per heavy atom. The molecule has 0 heterocycles. The van der Waals surface area contributed by atoms with Crippen molar-refractivity contribution in [3.63, 3.8) is 0 Å². The number of rotatable bonds is 8. The predicted molar refractivity (Wildman–Crippen MR) is 85.8 cm³/mol. The lowest BCUT2D eigenvalue weighted by Crippen LogP contribution is -2.23. The molecule has 0 aliphatic rings. The molecule has 0 bridgehead atoms. The van der Waals surface area contributed by atoms with Gasteiger partial charge in [0.05, 0.1) is 13.7 Å². The molecular weight excluding hydrogens is 262 g/mol. The average Bonchev–Trinajstić information content (AvgIpc) is 2.54. The number of hydrogen-bond donors (Lipinski definition) is 1. The van der Waals surface area contributed by atoms with Gasteiger partial charge in [-0.3, -0.25) is 0 Å². The second-order valence-electron chi connectivity index (χ2n) is 5.10. The van der Waals surface area contributed by atoms with Crippen molar-refractivity contribution >= 4 is 0 Å². The maximum atomic E-state index is 6.14. The lowest BCUT2D eigenvalue weighted by atomic mass is 10.0. The third-order valence-corrected chi connectivity index (χ3v) is 3.46. The van der Waals surface area contributed by atoms with Gasteiger partial charge in [-0.2, -0.15) is 0 Å².